The summed E-state index contributed by atoms with van der Waals surface area (Å²) in [6.45, 7) is 2.33. The van der Waals surface area contributed by atoms with Gasteiger partial charge in [-0.3, -0.25) is 9.59 Å². The van der Waals surface area contributed by atoms with Gasteiger partial charge in [0.2, 0.25) is 5.91 Å². The fraction of sp³-hybridized carbons (Fsp3) is 0.263. The van der Waals surface area contributed by atoms with Gasteiger partial charge in [0.25, 0.3) is 5.91 Å². The summed E-state index contributed by atoms with van der Waals surface area (Å²) >= 11 is 0. The summed E-state index contributed by atoms with van der Waals surface area (Å²) in [5.41, 5.74) is 3.33. The molecule has 2 aromatic carbocycles. The van der Waals surface area contributed by atoms with Crippen molar-refractivity contribution in [2.75, 3.05) is 23.9 Å². The number of carbonyl (C=O) groups excluding carboxylic acids is 2. The molecule has 2 amide bonds. The third kappa shape index (κ3) is 3.25. The van der Waals surface area contributed by atoms with Crippen molar-refractivity contribution in [2.24, 2.45) is 0 Å². The predicted octanol–water partition coefficient (Wildman–Crippen LogP) is 3.25. The van der Waals surface area contributed by atoms with Crippen molar-refractivity contribution >= 4 is 23.2 Å². The highest BCUT2D eigenvalue weighted by Crippen LogP contribution is 2.30. The summed E-state index contributed by atoms with van der Waals surface area (Å²) in [6, 6.07) is 12.7. The van der Waals surface area contributed by atoms with E-state index >= 15 is 0 Å². The first kappa shape index (κ1) is 16.1. The first-order chi connectivity index (χ1) is 11.6. The zero-order chi connectivity index (χ0) is 17.1. The highest BCUT2D eigenvalue weighted by Gasteiger charge is 2.20. The molecule has 0 atom stereocenters. The van der Waals surface area contributed by atoms with Crippen LogP contribution in [0.1, 0.15) is 29.3 Å². The number of methoxy groups -OCH3 is 1. The van der Waals surface area contributed by atoms with Gasteiger partial charge in [-0.15, -0.1) is 0 Å². The monoisotopic (exact) mass is 324 g/mol. The Morgan fingerprint density at radius 1 is 1.12 bits per heavy atom. The van der Waals surface area contributed by atoms with Gasteiger partial charge in [-0.05, 0) is 60.9 Å². The molecule has 2 aromatic rings. The second-order valence-electron chi connectivity index (χ2n) is 5.80. The Kier molecular flexibility index (Phi) is 4.51. The molecule has 0 fully saturated rings. The molecule has 0 aliphatic carbocycles. The first-order valence-corrected chi connectivity index (χ1v) is 7.95. The number of hydrogen-bond acceptors (Lipinski definition) is 3. The molecule has 124 valence electrons. The van der Waals surface area contributed by atoms with Crippen LogP contribution < -0.4 is 15.0 Å². The molecule has 0 bridgehead atoms. The fourth-order valence-corrected chi connectivity index (χ4v) is 2.95. The number of fused-ring (bicyclic) bond motifs is 1. The third-order valence-electron chi connectivity index (χ3n) is 4.19. The second-order valence-corrected chi connectivity index (χ2v) is 5.80. The fourth-order valence-electron chi connectivity index (χ4n) is 2.95. The molecule has 5 nitrogen and oxygen atoms in total. The lowest BCUT2D eigenvalue weighted by Crippen LogP contribution is -2.33. The van der Waals surface area contributed by atoms with E-state index in [0.29, 0.717) is 11.3 Å². The molecular weight excluding hydrogens is 304 g/mol. The van der Waals surface area contributed by atoms with Crippen LogP contribution in [0.4, 0.5) is 11.4 Å². The van der Waals surface area contributed by atoms with Crippen molar-refractivity contribution in [2.45, 2.75) is 19.8 Å². The van der Waals surface area contributed by atoms with Crippen LogP contribution in [0.5, 0.6) is 5.75 Å². The third-order valence-corrected chi connectivity index (χ3v) is 4.19. The molecule has 0 unspecified atom stereocenters. The van der Waals surface area contributed by atoms with E-state index in [1.165, 1.54) is 0 Å². The number of nitrogens with one attached hydrogen (secondary N) is 1. The van der Waals surface area contributed by atoms with Gasteiger partial charge >= 0.3 is 0 Å². The highest BCUT2D eigenvalue weighted by atomic mass is 16.5. The van der Waals surface area contributed by atoms with Gasteiger partial charge in [0.1, 0.15) is 5.75 Å². The normalized spacial score (nSPS) is 13.2. The number of amides is 2. The predicted molar refractivity (Wildman–Crippen MR) is 93.7 cm³/mol. The molecule has 1 aliphatic rings. The van der Waals surface area contributed by atoms with E-state index in [2.05, 4.69) is 5.32 Å². The summed E-state index contributed by atoms with van der Waals surface area (Å²) in [6.07, 6.45) is 1.84. The molecule has 3 rings (SSSR count). The summed E-state index contributed by atoms with van der Waals surface area (Å²) in [7, 11) is 1.59. The van der Waals surface area contributed by atoms with Crippen LogP contribution in [0, 0.1) is 0 Å². The Hall–Kier alpha value is -2.82. The van der Waals surface area contributed by atoms with Crippen LogP contribution in [0.25, 0.3) is 0 Å². The number of carbonyl (C=O) groups is 2. The summed E-state index contributed by atoms with van der Waals surface area (Å²) < 4.78 is 5.09. The van der Waals surface area contributed by atoms with Gasteiger partial charge in [-0.1, -0.05) is 0 Å². The Labute approximate surface area is 141 Å². The molecule has 5 heteroatoms. The molecule has 0 aromatic heterocycles. The van der Waals surface area contributed by atoms with Crippen molar-refractivity contribution < 1.29 is 14.3 Å². The smallest absolute Gasteiger partial charge is 0.255 e. The van der Waals surface area contributed by atoms with Gasteiger partial charge in [0.15, 0.2) is 0 Å². The molecule has 0 saturated carbocycles. The van der Waals surface area contributed by atoms with Crippen molar-refractivity contribution in [1.29, 1.82) is 0 Å². The maximum atomic E-state index is 12.3. The van der Waals surface area contributed by atoms with E-state index in [1.54, 1.807) is 43.2 Å². The van der Waals surface area contributed by atoms with Crippen molar-refractivity contribution in [3.05, 3.63) is 53.6 Å². The van der Waals surface area contributed by atoms with Gasteiger partial charge in [0, 0.05) is 30.4 Å². The number of benzene rings is 2. The zero-order valence-electron chi connectivity index (χ0n) is 13.8. The molecule has 0 saturated heterocycles. The van der Waals surface area contributed by atoms with Crippen LogP contribution in [-0.2, 0) is 11.2 Å². The average Bonchev–Trinajstić information content (AvgIpc) is 2.61. The first-order valence-electron chi connectivity index (χ1n) is 7.95. The molecule has 1 N–H and O–H groups in total. The van der Waals surface area contributed by atoms with E-state index < -0.39 is 0 Å². The van der Waals surface area contributed by atoms with E-state index in [4.69, 9.17) is 4.74 Å². The maximum absolute atomic E-state index is 12.3. The van der Waals surface area contributed by atoms with Gasteiger partial charge in [-0.2, -0.15) is 0 Å². The highest BCUT2D eigenvalue weighted by molar-refractivity contribution is 6.04. The number of aryl methyl sites for hydroxylation is 1. The van der Waals surface area contributed by atoms with Gasteiger partial charge in [0.05, 0.1) is 7.11 Å². The molecule has 24 heavy (non-hydrogen) atoms. The quantitative estimate of drug-likeness (QED) is 0.943. The summed E-state index contributed by atoms with van der Waals surface area (Å²) in [4.78, 5) is 25.8. The maximum Gasteiger partial charge on any atom is 0.255 e. The average molecular weight is 324 g/mol. The number of nitrogens with zero attached hydrogens (tertiary/aromatic N) is 1. The molecule has 0 radical (unpaired) electrons. The van der Waals surface area contributed by atoms with E-state index in [0.717, 1.165) is 36.3 Å². The second kappa shape index (κ2) is 6.74. The van der Waals surface area contributed by atoms with Crippen molar-refractivity contribution in [3.8, 4) is 5.75 Å². The summed E-state index contributed by atoms with van der Waals surface area (Å²) in [5.74, 6) is 0.590. The molecular formula is C19H20N2O3. The van der Waals surface area contributed by atoms with Gasteiger partial charge in [-0.25, -0.2) is 0 Å². The zero-order valence-corrected chi connectivity index (χ0v) is 13.8. The minimum Gasteiger partial charge on any atom is -0.497 e. The standard InChI is InChI=1S/C19H20N2O3/c1-13(22)21-11-3-4-15-12-16(7-10-18(15)21)20-19(23)14-5-8-17(24-2)9-6-14/h5-10,12H,3-4,11H2,1-2H3,(H,20,23). The number of anilines is 2. The lowest BCUT2D eigenvalue weighted by atomic mass is 10.0. The van der Waals surface area contributed by atoms with E-state index in [9.17, 15) is 9.59 Å². The Morgan fingerprint density at radius 3 is 2.54 bits per heavy atom. The minimum atomic E-state index is -0.170. The van der Waals surface area contributed by atoms with Crippen LogP contribution >= 0.6 is 0 Å². The van der Waals surface area contributed by atoms with Crippen LogP contribution in [0.15, 0.2) is 42.5 Å². The molecule has 1 heterocycles. The summed E-state index contributed by atoms with van der Waals surface area (Å²) in [5, 5.41) is 2.91. The van der Waals surface area contributed by atoms with Crippen molar-refractivity contribution in [1.82, 2.24) is 0 Å². The van der Waals surface area contributed by atoms with Crippen LogP contribution in [0.2, 0.25) is 0 Å². The van der Waals surface area contributed by atoms with E-state index in [1.807, 2.05) is 18.2 Å². The van der Waals surface area contributed by atoms with E-state index in [-0.39, 0.29) is 11.8 Å². The molecule has 1 aliphatic heterocycles. The Morgan fingerprint density at radius 2 is 1.88 bits per heavy atom. The van der Waals surface area contributed by atoms with Crippen LogP contribution in [0.3, 0.4) is 0 Å². The SMILES string of the molecule is COc1ccc(C(=O)Nc2ccc3c(c2)CCCN3C(C)=O)cc1. The van der Waals surface area contributed by atoms with Crippen molar-refractivity contribution in [3.63, 3.8) is 0 Å². The minimum absolute atomic E-state index is 0.0472. The van der Waals surface area contributed by atoms with Crippen LogP contribution in [-0.4, -0.2) is 25.5 Å². The molecule has 0 spiro atoms. The Bertz CT molecular complexity index is 769. The largest absolute Gasteiger partial charge is 0.497 e. The lowest BCUT2D eigenvalue weighted by molar-refractivity contribution is -0.116. The lowest BCUT2D eigenvalue weighted by Gasteiger charge is -2.29. The topological polar surface area (TPSA) is 58.6 Å². The number of rotatable bonds is 3. The Balaban J connectivity index is 1.78. The number of hydrogen-bond donors (Lipinski definition) is 1. The number of ether oxygens (including phenoxy) is 1. The van der Waals surface area contributed by atoms with Gasteiger partial charge < -0.3 is 15.0 Å².